The summed E-state index contributed by atoms with van der Waals surface area (Å²) in [6.07, 6.45) is 0. The van der Waals surface area contributed by atoms with E-state index in [1.165, 1.54) is 6.92 Å². The third-order valence-corrected chi connectivity index (χ3v) is 4.25. The Morgan fingerprint density at radius 3 is 2.54 bits per heavy atom. The van der Waals surface area contributed by atoms with E-state index in [1.807, 2.05) is 37.3 Å². The first-order chi connectivity index (χ1) is 11.6. The Morgan fingerprint density at radius 2 is 1.92 bits per heavy atom. The van der Waals surface area contributed by atoms with Crippen molar-refractivity contribution in [1.82, 2.24) is 15.1 Å². The van der Waals surface area contributed by atoms with Crippen LogP contribution in [0.5, 0.6) is 0 Å². The minimum Gasteiger partial charge on any atom is -0.379 e. The number of amides is 2. The van der Waals surface area contributed by atoms with Crippen molar-refractivity contribution in [2.45, 2.75) is 19.9 Å². The molecule has 1 N–H and O–H groups in total. The van der Waals surface area contributed by atoms with Crippen LogP contribution in [0.4, 0.5) is 0 Å². The fourth-order valence-electron chi connectivity index (χ4n) is 2.72. The smallest absolute Gasteiger partial charge is 0.240 e. The molecule has 6 nitrogen and oxygen atoms in total. The molecule has 6 heteroatoms. The molecule has 1 aliphatic rings. The highest BCUT2D eigenvalue weighted by molar-refractivity contribution is 5.84. The van der Waals surface area contributed by atoms with Gasteiger partial charge in [-0.1, -0.05) is 30.3 Å². The van der Waals surface area contributed by atoms with Gasteiger partial charge in [0.25, 0.3) is 0 Å². The lowest BCUT2D eigenvalue weighted by molar-refractivity contribution is -0.134. The van der Waals surface area contributed by atoms with E-state index in [9.17, 15) is 9.59 Å². The molecule has 2 amide bonds. The number of nitrogens with one attached hydrogen (secondary N) is 1. The molecule has 0 spiro atoms. The molecule has 132 valence electrons. The second-order valence-electron chi connectivity index (χ2n) is 6.09. The first kappa shape index (κ1) is 18.4. The lowest BCUT2D eigenvalue weighted by Crippen LogP contribution is -2.46. The average Bonchev–Trinajstić information content (AvgIpc) is 2.60. The largest absolute Gasteiger partial charge is 0.379 e. The van der Waals surface area contributed by atoms with Crippen LogP contribution in [0.2, 0.25) is 0 Å². The van der Waals surface area contributed by atoms with Crippen LogP contribution in [0.3, 0.4) is 0 Å². The molecule has 1 aliphatic heterocycles. The van der Waals surface area contributed by atoms with Gasteiger partial charge < -0.3 is 15.0 Å². The number of carbonyl (C=O) groups is 2. The number of hydrogen-bond donors (Lipinski definition) is 1. The van der Waals surface area contributed by atoms with Crippen molar-refractivity contribution in [3.63, 3.8) is 0 Å². The summed E-state index contributed by atoms with van der Waals surface area (Å²) in [7, 11) is 0. The molecule has 1 aromatic rings. The minimum atomic E-state index is -0.136. The number of nitrogens with zero attached hydrogens (tertiary/aromatic N) is 2. The Kier molecular flexibility index (Phi) is 7.21. The number of benzene rings is 1. The van der Waals surface area contributed by atoms with Gasteiger partial charge in [-0.05, 0) is 12.5 Å². The van der Waals surface area contributed by atoms with Crippen LogP contribution >= 0.6 is 0 Å². The Morgan fingerprint density at radius 1 is 1.25 bits per heavy atom. The predicted octanol–water partition coefficient (Wildman–Crippen LogP) is 1.04. The van der Waals surface area contributed by atoms with Crippen LogP contribution in [0.25, 0.3) is 0 Å². The van der Waals surface area contributed by atoms with Crippen molar-refractivity contribution < 1.29 is 14.3 Å². The number of carbonyl (C=O) groups excluding carboxylic acids is 2. The number of ether oxygens (including phenoxy) is 1. The molecule has 1 aromatic carbocycles. The topological polar surface area (TPSA) is 61.9 Å². The van der Waals surface area contributed by atoms with Gasteiger partial charge in [-0.15, -0.1) is 0 Å². The molecule has 1 saturated heterocycles. The van der Waals surface area contributed by atoms with Crippen molar-refractivity contribution in [3.8, 4) is 0 Å². The highest BCUT2D eigenvalue weighted by Gasteiger charge is 2.18. The number of hydrogen-bond acceptors (Lipinski definition) is 4. The van der Waals surface area contributed by atoms with Crippen molar-refractivity contribution in [3.05, 3.63) is 35.9 Å². The van der Waals surface area contributed by atoms with Gasteiger partial charge in [0, 0.05) is 33.1 Å². The van der Waals surface area contributed by atoms with Crippen molar-refractivity contribution >= 4 is 11.8 Å². The Bertz CT molecular complexity index is 530. The fraction of sp³-hybridized carbons (Fsp3) is 0.556. The van der Waals surface area contributed by atoms with Gasteiger partial charge >= 0.3 is 0 Å². The van der Waals surface area contributed by atoms with E-state index in [0.29, 0.717) is 6.54 Å². The Labute approximate surface area is 143 Å². The summed E-state index contributed by atoms with van der Waals surface area (Å²) < 4.78 is 5.32. The lowest BCUT2D eigenvalue weighted by atomic mass is 10.1. The van der Waals surface area contributed by atoms with E-state index in [-0.39, 0.29) is 24.4 Å². The van der Waals surface area contributed by atoms with Gasteiger partial charge in [-0.3, -0.25) is 14.5 Å². The lowest BCUT2D eigenvalue weighted by Gasteiger charge is -2.29. The van der Waals surface area contributed by atoms with E-state index in [1.54, 1.807) is 4.90 Å². The molecule has 0 aromatic heterocycles. The van der Waals surface area contributed by atoms with Gasteiger partial charge in [-0.25, -0.2) is 0 Å². The van der Waals surface area contributed by atoms with Crippen molar-refractivity contribution in [2.24, 2.45) is 0 Å². The fourth-order valence-corrected chi connectivity index (χ4v) is 2.72. The van der Waals surface area contributed by atoms with Gasteiger partial charge in [0.15, 0.2) is 0 Å². The Balaban J connectivity index is 1.80. The zero-order valence-electron chi connectivity index (χ0n) is 14.5. The maximum Gasteiger partial charge on any atom is 0.240 e. The second kappa shape index (κ2) is 9.39. The second-order valence-corrected chi connectivity index (χ2v) is 6.09. The molecule has 24 heavy (non-hydrogen) atoms. The first-order valence-corrected chi connectivity index (χ1v) is 8.46. The summed E-state index contributed by atoms with van der Waals surface area (Å²) >= 11 is 0. The van der Waals surface area contributed by atoms with Crippen LogP contribution in [-0.2, 0) is 14.3 Å². The number of morpholine rings is 1. The standard InChI is InChI=1S/C18H27N3O3/c1-15(17-6-4-3-5-7-17)19-18(23)14-21(16(2)22)9-8-20-10-12-24-13-11-20/h3-7,15H,8-14H2,1-2H3,(H,19,23). The van der Waals surface area contributed by atoms with E-state index < -0.39 is 0 Å². The molecular weight excluding hydrogens is 306 g/mol. The molecule has 0 bridgehead atoms. The maximum atomic E-state index is 12.3. The monoisotopic (exact) mass is 333 g/mol. The zero-order chi connectivity index (χ0) is 17.4. The SMILES string of the molecule is CC(=O)N(CCN1CCOCC1)CC(=O)NC(C)c1ccccc1. The van der Waals surface area contributed by atoms with Crippen molar-refractivity contribution in [1.29, 1.82) is 0 Å². The highest BCUT2D eigenvalue weighted by Crippen LogP contribution is 2.10. The number of rotatable bonds is 7. The maximum absolute atomic E-state index is 12.3. The summed E-state index contributed by atoms with van der Waals surface area (Å²) in [5.41, 5.74) is 1.05. The van der Waals surface area contributed by atoms with Crippen LogP contribution in [0.15, 0.2) is 30.3 Å². The molecule has 0 radical (unpaired) electrons. The predicted molar refractivity (Wildman–Crippen MR) is 92.5 cm³/mol. The van der Waals surface area contributed by atoms with Crippen molar-refractivity contribution in [2.75, 3.05) is 45.9 Å². The van der Waals surface area contributed by atoms with Crippen LogP contribution in [-0.4, -0.2) is 67.6 Å². The molecule has 1 heterocycles. The van der Waals surface area contributed by atoms with Crippen LogP contribution < -0.4 is 5.32 Å². The minimum absolute atomic E-state index is 0.0771. The van der Waals surface area contributed by atoms with E-state index in [4.69, 9.17) is 4.74 Å². The molecule has 1 fully saturated rings. The van der Waals surface area contributed by atoms with E-state index >= 15 is 0 Å². The highest BCUT2D eigenvalue weighted by atomic mass is 16.5. The normalized spacial score (nSPS) is 16.4. The average molecular weight is 333 g/mol. The summed E-state index contributed by atoms with van der Waals surface area (Å²) in [4.78, 5) is 27.9. The molecule has 1 atom stereocenters. The summed E-state index contributed by atoms with van der Waals surface area (Å²) in [6, 6.07) is 9.72. The first-order valence-electron chi connectivity index (χ1n) is 8.46. The summed E-state index contributed by atoms with van der Waals surface area (Å²) in [5.74, 6) is -0.214. The third kappa shape index (κ3) is 5.94. The molecule has 1 unspecified atom stereocenters. The quantitative estimate of drug-likeness (QED) is 0.810. The Hall–Kier alpha value is -1.92. The molecule has 2 rings (SSSR count). The third-order valence-electron chi connectivity index (χ3n) is 4.25. The summed E-state index contributed by atoms with van der Waals surface area (Å²) in [5, 5.41) is 2.95. The molecular formula is C18H27N3O3. The van der Waals surface area contributed by atoms with Gasteiger partial charge in [0.2, 0.25) is 11.8 Å². The van der Waals surface area contributed by atoms with E-state index in [2.05, 4.69) is 10.2 Å². The van der Waals surface area contributed by atoms with Gasteiger partial charge in [-0.2, -0.15) is 0 Å². The molecule has 0 aliphatic carbocycles. The van der Waals surface area contributed by atoms with Gasteiger partial charge in [0.1, 0.15) is 0 Å². The van der Waals surface area contributed by atoms with Crippen LogP contribution in [0, 0.1) is 0 Å². The van der Waals surface area contributed by atoms with Crippen LogP contribution in [0.1, 0.15) is 25.5 Å². The van der Waals surface area contributed by atoms with E-state index in [0.717, 1.165) is 38.4 Å². The summed E-state index contributed by atoms with van der Waals surface area (Å²) in [6.45, 7) is 8.09. The molecule has 0 saturated carbocycles. The zero-order valence-corrected chi connectivity index (χ0v) is 14.5. The van der Waals surface area contributed by atoms with Gasteiger partial charge in [0.05, 0.1) is 25.8 Å².